The van der Waals surface area contributed by atoms with Crippen LogP contribution >= 0.6 is 23.2 Å². The predicted octanol–water partition coefficient (Wildman–Crippen LogP) is 3.96. The first-order valence-electron chi connectivity index (χ1n) is 4.98. The van der Waals surface area contributed by atoms with Crippen molar-refractivity contribution in [1.82, 2.24) is 0 Å². The zero-order valence-electron chi connectivity index (χ0n) is 9.45. The van der Waals surface area contributed by atoms with E-state index in [2.05, 4.69) is 13.2 Å². The van der Waals surface area contributed by atoms with Gasteiger partial charge < -0.3 is 0 Å². The Morgan fingerprint density at radius 3 is 1.89 bits per heavy atom. The molecule has 0 radical (unpaired) electrons. The van der Waals surface area contributed by atoms with Crippen molar-refractivity contribution < 1.29 is 9.59 Å². The van der Waals surface area contributed by atoms with Gasteiger partial charge in [-0.15, -0.1) is 0 Å². The molecule has 0 fully saturated rings. The summed E-state index contributed by atoms with van der Waals surface area (Å²) in [5.74, 6) is 0. The maximum atomic E-state index is 10.9. The van der Waals surface area contributed by atoms with Crippen LogP contribution in [0, 0.1) is 0 Å². The van der Waals surface area contributed by atoms with E-state index in [0.717, 1.165) is 5.56 Å². The molecule has 0 bridgehead atoms. The first-order chi connectivity index (χ1) is 8.41. The van der Waals surface area contributed by atoms with E-state index in [-0.39, 0.29) is 5.57 Å². The molecule has 1 rings (SSSR count). The largest absolute Gasteiger partial charge is 0.276 e. The molecule has 0 aromatic heterocycles. The fourth-order valence-corrected chi connectivity index (χ4v) is 1.37. The van der Waals surface area contributed by atoms with Gasteiger partial charge in [0.1, 0.15) is 0 Å². The molecule has 0 aliphatic heterocycles. The van der Waals surface area contributed by atoms with Gasteiger partial charge in [-0.3, -0.25) is 9.59 Å². The van der Waals surface area contributed by atoms with Crippen LogP contribution in [-0.2, 0) is 4.79 Å². The lowest BCUT2D eigenvalue weighted by Gasteiger charge is -2.01. The molecule has 18 heavy (non-hydrogen) atoms. The summed E-state index contributed by atoms with van der Waals surface area (Å²) in [6, 6.07) is 6.64. The van der Waals surface area contributed by atoms with Gasteiger partial charge in [-0.2, -0.15) is 0 Å². The maximum Gasteiger partial charge on any atom is 0.252 e. The fraction of sp³-hybridized carbons (Fsp3) is 0. The van der Waals surface area contributed by atoms with E-state index in [9.17, 15) is 9.59 Å². The molecule has 0 unspecified atom stereocenters. The van der Waals surface area contributed by atoms with Crippen molar-refractivity contribution in [3.63, 3.8) is 0 Å². The maximum absolute atomic E-state index is 10.9. The van der Waals surface area contributed by atoms with Crippen LogP contribution in [0.25, 0.3) is 5.57 Å². The number of halogens is 2. The van der Waals surface area contributed by atoms with Crippen LogP contribution in [0.5, 0.6) is 0 Å². The number of carbonyl (C=O) groups excluding carboxylic acids is 2. The average Bonchev–Trinajstić information content (AvgIpc) is 2.35. The van der Waals surface area contributed by atoms with Crippen molar-refractivity contribution in [1.29, 1.82) is 0 Å². The van der Waals surface area contributed by atoms with E-state index in [1.165, 1.54) is 6.08 Å². The lowest BCUT2D eigenvalue weighted by atomic mass is 10.0. The second-order valence-electron chi connectivity index (χ2n) is 3.51. The predicted molar refractivity (Wildman–Crippen MR) is 74.8 cm³/mol. The number of hydrogen-bond donors (Lipinski definition) is 0. The van der Waals surface area contributed by atoms with Gasteiger partial charge in [0, 0.05) is 11.1 Å². The molecule has 0 saturated carbocycles. The molecule has 0 amide bonds. The Hall–Kier alpha value is -1.64. The van der Waals surface area contributed by atoms with E-state index in [1.54, 1.807) is 30.3 Å². The highest BCUT2D eigenvalue weighted by Crippen LogP contribution is 2.16. The van der Waals surface area contributed by atoms with Crippen LogP contribution in [0.4, 0.5) is 0 Å². The third kappa shape index (κ3) is 3.99. The Balaban J connectivity index is 2.82. The van der Waals surface area contributed by atoms with Gasteiger partial charge in [-0.05, 0) is 46.5 Å². The molecule has 1 aromatic rings. The third-order valence-corrected chi connectivity index (χ3v) is 2.68. The van der Waals surface area contributed by atoms with Crippen LogP contribution in [0.15, 0.2) is 55.1 Å². The number of benzene rings is 1. The van der Waals surface area contributed by atoms with Crippen molar-refractivity contribution in [3.05, 3.63) is 66.3 Å². The molecule has 0 saturated heterocycles. The van der Waals surface area contributed by atoms with E-state index < -0.39 is 10.5 Å². The SMILES string of the molecule is C=C(/C=C\C(=C)c1ccc(C(=O)Cl)cc1)C(=O)Cl. The summed E-state index contributed by atoms with van der Waals surface area (Å²) in [5.41, 5.74) is 2.08. The second-order valence-corrected chi connectivity index (χ2v) is 4.20. The first kappa shape index (κ1) is 14.4. The number of rotatable bonds is 5. The van der Waals surface area contributed by atoms with Crippen molar-refractivity contribution in [2.24, 2.45) is 0 Å². The van der Waals surface area contributed by atoms with Gasteiger partial charge in [-0.1, -0.05) is 37.4 Å². The third-order valence-electron chi connectivity index (χ3n) is 2.22. The van der Waals surface area contributed by atoms with E-state index in [4.69, 9.17) is 23.2 Å². The minimum absolute atomic E-state index is 0.186. The molecule has 2 nitrogen and oxygen atoms in total. The van der Waals surface area contributed by atoms with Gasteiger partial charge >= 0.3 is 0 Å². The van der Waals surface area contributed by atoms with Crippen LogP contribution < -0.4 is 0 Å². The molecule has 1 aromatic carbocycles. The molecule has 0 N–H and O–H groups in total. The van der Waals surface area contributed by atoms with Crippen molar-refractivity contribution >= 4 is 39.3 Å². The molecular weight excluding hydrogens is 271 g/mol. The topological polar surface area (TPSA) is 34.1 Å². The van der Waals surface area contributed by atoms with Crippen molar-refractivity contribution in [2.45, 2.75) is 0 Å². The van der Waals surface area contributed by atoms with Gasteiger partial charge in [0.2, 0.25) is 0 Å². The Kier molecular flexibility index (Phi) is 5.08. The van der Waals surface area contributed by atoms with Gasteiger partial charge in [-0.25, -0.2) is 0 Å². The average molecular weight is 281 g/mol. The molecular formula is C14H10Cl2O2. The Morgan fingerprint density at radius 2 is 1.44 bits per heavy atom. The lowest BCUT2D eigenvalue weighted by molar-refractivity contribution is -0.108. The summed E-state index contributed by atoms with van der Waals surface area (Å²) in [5, 5.41) is -1.12. The number of allylic oxidation sites excluding steroid dienone is 4. The lowest BCUT2D eigenvalue weighted by Crippen LogP contribution is -1.89. The highest BCUT2D eigenvalue weighted by atomic mass is 35.5. The summed E-state index contributed by atoms with van der Waals surface area (Å²) >= 11 is 10.6. The van der Waals surface area contributed by atoms with Gasteiger partial charge in [0.05, 0.1) is 0 Å². The highest BCUT2D eigenvalue weighted by Gasteiger charge is 2.02. The van der Waals surface area contributed by atoms with Crippen LogP contribution in [-0.4, -0.2) is 10.5 Å². The zero-order valence-corrected chi connectivity index (χ0v) is 11.0. The summed E-state index contributed by atoms with van der Waals surface area (Å²) in [6.07, 6.45) is 3.11. The standard InChI is InChI=1S/C14H10Cl2O2/c1-9(3-4-10(2)13(15)17)11-5-7-12(8-6-11)14(16)18/h3-8H,1-2H2/b4-3-. The normalized spacial score (nSPS) is 10.3. The molecule has 0 spiro atoms. The molecule has 4 heteroatoms. The molecule has 0 aliphatic rings. The smallest absolute Gasteiger partial charge is 0.252 e. The van der Waals surface area contributed by atoms with E-state index in [1.807, 2.05) is 0 Å². The number of hydrogen-bond acceptors (Lipinski definition) is 2. The first-order valence-corrected chi connectivity index (χ1v) is 5.73. The molecule has 0 heterocycles. The van der Waals surface area contributed by atoms with Crippen LogP contribution in [0.3, 0.4) is 0 Å². The molecule has 92 valence electrons. The Bertz CT molecular complexity index is 539. The van der Waals surface area contributed by atoms with Gasteiger partial charge in [0.25, 0.3) is 10.5 Å². The minimum Gasteiger partial charge on any atom is -0.276 e. The summed E-state index contributed by atoms with van der Waals surface area (Å²) in [6.45, 7) is 7.32. The highest BCUT2D eigenvalue weighted by molar-refractivity contribution is 6.68. The summed E-state index contributed by atoms with van der Waals surface area (Å²) < 4.78 is 0. The quantitative estimate of drug-likeness (QED) is 0.465. The number of carbonyl (C=O) groups is 2. The molecule has 0 atom stereocenters. The Morgan fingerprint density at radius 1 is 0.944 bits per heavy atom. The van der Waals surface area contributed by atoms with Crippen LogP contribution in [0.1, 0.15) is 15.9 Å². The summed E-state index contributed by atoms with van der Waals surface area (Å²) in [7, 11) is 0. The van der Waals surface area contributed by atoms with Crippen molar-refractivity contribution in [2.75, 3.05) is 0 Å². The van der Waals surface area contributed by atoms with Crippen molar-refractivity contribution in [3.8, 4) is 0 Å². The zero-order chi connectivity index (χ0) is 13.7. The minimum atomic E-state index is -0.609. The second kappa shape index (κ2) is 6.34. The van der Waals surface area contributed by atoms with E-state index >= 15 is 0 Å². The fourth-order valence-electron chi connectivity index (χ4n) is 1.18. The monoisotopic (exact) mass is 280 g/mol. The van der Waals surface area contributed by atoms with Gasteiger partial charge in [0.15, 0.2) is 0 Å². The Labute approximate surface area is 115 Å². The molecule has 0 aliphatic carbocycles. The summed E-state index contributed by atoms with van der Waals surface area (Å²) in [4.78, 5) is 21.6. The van der Waals surface area contributed by atoms with E-state index in [0.29, 0.717) is 11.1 Å². The van der Waals surface area contributed by atoms with Crippen LogP contribution in [0.2, 0.25) is 0 Å².